The Bertz CT molecular complexity index is 723. The zero-order valence-corrected chi connectivity index (χ0v) is 15.2. The normalized spacial score (nSPS) is 14.0. The van der Waals surface area contributed by atoms with Crippen molar-refractivity contribution in [3.05, 3.63) is 41.3 Å². The molecule has 2 rings (SSSR count). The fourth-order valence-electron chi connectivity index (χ4n) is 2.71. The van der Waals surface area contributed by atoms with E-state index in [2.05, 4.69) is 9.97 Å². The summed E-state index contributed by atoms with van der Waals surface area (Å²) in [5.74, 6) is 0.277. The molecule has 0 aliphatic carbocycles. The molecule has 7 heteroatoms. The van der Waals surface area contributed by atoms with Gasteiger partial charge in [0.15, 0.2) is 0 Å². The van der Waals surface area contributed by atoms with E-state index in [0.29, 0.717) is 23.5 Å². The zero-order chi connectivity index (χ0) is 18.6. The van der Waals surface area contributed by atoms with Gasteiger partial charge in [0.1, 0.15) is 11.8 Å². The van der Waals surface area contributed by atoms with Gasteiger partial charge in [0.05, 0.1) is 5.56 Å². The van der Waals surface area contributed by atoms with Crippen LogP contribution >= 0.6 is 11.6 Å². The zero-order valence-electron chi connectivity index (χ0n) is 14.5. The predicted molar refractivity (Wildman–Crippen MR) is 95.0 cm³/mol. The lowest BCUT2D eigenvalue weighted by Crippen LogP contribution is -2.43. The summed E-state index contributed by atoms with van der Waals surface area (Å²) in [4.78, 5) is 7.95. The van der Waals surface area contributed by atoms with Crippen molar-refractivity contribution in [2.45, 2.75) is 39.2 Å². The van der Waals surface area contributed by atoms with Gasteiger partial charge in [-0.25, -0.2) is 18.7 Å². The van der Waals surface area contributed by atoms with E-state index in [-0.39, 0.29) is 23.2 Å². The summed E-state index contributed by atoms with van der Waals surface area (Å²) in [6.07, 6.45) is 0.984. The Hall–Kier alpha value is -1.79. The quantitative estimate of drug-likeness (QED) is 0.707. The Labute approximate surface area is 151 Å². The monoisotopic (exact) mass is 369 g/mol. The van der Waals surface area contributed by atoms with Crippen LogP contribution in [0.2, 0.25) is 5.15 Å². The van der Waals surface area contributed by atoms with Crippen LogP contribution in [0, 0.1) is 5.92 Å². The van der Waals surface area contributed by atoms with Crippen LogP contribution in [0.15, 0.2) is 30.6 Å². The van der Waals surface area contributed by atoms with E-state index in [4.69, 9.17) is 22.1 Å². The molecule has 1 unspecified atom stereocenters. The molecule has 0 saturated heterocycles. The summed E-state index contributed by atoms with van der Waals surface area (Å²) in [7, 11) is 0. The van der Waals surface area contributed by atoms with Crippen LogP contribution in [0.1, 0.15) is 39.2 Å². The van der Waals surface area contributed by atoms with E-state index in [1.165, 1.54) is 18.5 Å². The molecule has 0 radical (unpaired) electrons. The predicted octanol–water partition coefficient (Wildman–Crippen LogP) is 4.88. The van der Waals surface area contributed by atoms with Crippen molar-refractivity contribution in [3.63, 3.8) is 0 Å². The first kappa shape index (κ1) is 19.5. The van der Waals surface area contributed by atoms with Crippen molar-refractivity contribution < 1.29 is 13.5 Å². The van der Waals surface area contributed by atoms with Gasteiger partial charge >= 0.3 is 0 Å². The van der Waals surface area contributed by atoms with Crippen molar-refractivity contribution >= 4 is 11.6 Å². The second kappa shape index (κ2) is 8.06. The van der Waals surface area contributed by atoms with Crippen LogP contribution in [0.25, 0.3) is 11.1 Å². The van der Waals surface area contributed by atoms with Gasteiger partial charge in [0, 0.05) is 23.5 Å². The van der Waals surface area contributed by atoms with E-state index >= 15 is 0 Å². The first-order valence-electron chi connectivity index (χ1n) is 7.99. The maximum Gasteiger partial charge on any atom is 0.269 e. The lowest BCUT2D eigenvalue weighted by molar-refractivity contribution is 0.137. The summed E-state index contributed by atoms with van der Waals surface area (Å²) in [5, 5.41) is 0.281. The molecule has 2 N–H and O–H groups in total. The number of ether oxygens (including phenoxy) is 1. The third kappa shape index (κ3) is 5.61. The van der Waals surface area contributed by atoms with Crippen LogP contribution in [0.3, 0.4) is 0 Å². The maximum atomic E-state index is 13.4. The standard InChI is InChI=1S/C18H22ClF2N3O/c1-11(2)8-18(3,22)10-25-17-14(16(20)21)6-13(9-24-17)12-4-5-23-15(19)7-12/h4-7,9,11,16H,8,10,22H2,1-3H3. The number of alkyl halides is 2. The lowest BCUT2D eigenvalue weighted by Gasteiger charge is -2.26. The number of halogens is 3. The van der Waals surface area contributed by atoms with Crippen LogP contribution in [0.5, 0.6) is 5.88 Å². The van der Waals surface area contributed by atoms with Gasteiger partial charge in [0.2, 0.25) is 5.88 Å². The molecule has 0 amide bonds. The Morgan fingerprint density at radius 1 is 1.24 bits per heavy atom. The van der Waals surface area contributed by atoms with Crippen LogP contribution in [-0.4, -0.2) is 22.1 Å². The van der Waals surface area contributed by atoms with Crippen molar-refractivity contribution in [1.29, 1.82) is 0 Å². The summed E-state index contributed by atoms with van der Waals surface area (Å²) >= 11 is 5.85. The Balaban J connectivity index is 2.25. The van der Waals surface area contributed by atoms with Gasteiger partial charge in [-0.05, 0) is 43.0 Å². The summed E-state index contributed by atoms with van der Waals surface area (Å²) < 4.78 is 32.4. The molecule has 2 aromatic heterocycles. The van der Waals surface area contributed by atoms with Gasteiger partial charge in [0.25, 0.3) is 6.43 Å². The third-order valence-corrected chi connectivity index (χ3v) is 3.79. The highest BCUT2D eigenvalue weighted by Gasteiger charge is 2.24. The third-order valence-electron chi connectivity index (χ3n) is 3.59. The molecule has 0 aliphatic rings. The molecule has 2 heterocycles. The van der Waals surface area contributed by atoms with E-state index < -0.39 is 12.0 Å². The number of nitrogens with zero attached hydrogens (tertiary/aromatic N) is 2. The number of hydrogen-bond donors (Lipinski definition) is 1. The minimum absolute atomic E-state index is 0.0978. The number of nitrogens with two attached hydrogens (primary N) is 1. The molecular formula is C18H22ClF2N3O. The number of rotatable bonds is 7. The Kier molecular flexibility index (Phi) is 6.30. The second-order valence-corrected chi connectivity index (χ2v) is 7.21. The second-order valence-electron chi connectivity index (χ2n) is 6.83. The van der Waals surface area contributed by atoms with Gasteiger partial charge in [-0.1, -0.05) is 25.4 Å². The molecule has 4 nitrogen and oxygen atoms in total. The molecule has 0 fully saturated rings. The maximum absolute atomic E-state index is 13.4. The fraction of sp³-hybridized carbons (Fsp3) is 0.444. The number of pyridine rings is 2. The summed E-state index contributed by atoms with van der Waals surface area (Å²) in [6.45, 7) is 6.03. The minimum Gasteiger partial charge on any atom is -0.475 e. The van der Waals surface area contributed by atoms with Gasteiger partial charge in [-0.3, -0.25) is 0 Å². The molecular weight excluding hydrogens is 348 g/mol. The van der Waals surface area contributed by atoms with Gasteiger partial charge in [-0.15, -0.1) is 0 Å². The molecule has 1 atom stereocenters. The van der Waals surface area contributed by atoms with Crippen molar-refractivity contribution in [2.24, 2.45) is 11.7 Å². The SMILES string of the molecule is CC(C)CC(C)(N)COc1ncc(-c2ccnc(Cl)c2)cc1C(F)F. The van der Waals surface area contributed by atoms with Gasteiger partial charge < -0.3 is 10.5 Å². The van der Waals surface area contributed by atoms with E-state index in [0.717, 1.165) is 0 Å². The van der Waals surface area contributed by atoms with Crippen molar-refractivity contribution in [2.75, 3.05) is 6.61 Å². The minimum atomic E-state index is -2.71. The smallest absolute Gasteiger partial charge is 0.269 e. The highest BCUT2D eigenvalue weighted by Crippen LogP contribution is 2.32. The van der Waals surface area contributed by atoms with E-state index in [9.17, 15) is 8.78 Å². The lowest BCUT2D eigenvalue weighted by atomic mass is 9.93. The molecule has 0 saturated carbocycles. The molecule has 2 aromatic rings. The molecule has 136 valence electrons. The average Bonchev–Trinajstić information content (AvgIpc) is 2.51. The molecule has 0 spiro atoms. The molecule has 25 heavy (non-hydrogen) atoms. The highest BCUT2D eigenvalue weighted by atomic mass is 35.5. The van der Waals surface area contributed by atoms with E-state index in [1.807, 2.05) is 20.8 Å². The first-order chi connectivity index (χ1) is 11.7. The number of aromatic nitrogens is 2. The van der Waals surface area contributed by atoms with Crippen LogP contribution in [0.4, 0.5) is 8.78 Å². The summed E-state index contributed by atoms with van der Waals surface area (Å²) in [5.41, 5.74) is 6.45. The van der Waals surface area contributed by atoms with Crippen LogP contribution < -0.4 is 10.5 Å². The van der Waals surface area contributed by atoms with Gasteiger partial charge in [-0.2, -0.15) is 0 Å². The number of hydrogen-bond acceptors (Lipinski definition) is 4. The largest absolute Gasteiger partial charge is 0.475 e. The average molecular weight is 370 g/mol. The fourth-order valence-corrected chi connectivity index (χ4v) is 2.88. The molecule has 0 aromatic carbocycles. The Morgan fingerprint density at radius 3 is 2.56 bits per heavy atom. The van der Waals surface area contributed by atoms with Crippen LogP contribution in [-0.2, 0) is 0 Å². The summed E-state index contributed by atoms with van der Waals surface area (Å²) in [6, 6.07) is 4.63. The topological polar surface area (TPSA) is 61.0 Å². The highest BCUT2D eigenvalue weighted by molar-refractivity contribution is 6.29. The molecule has 0 aliphatic heterocycles. The van der Waals surface area contributed by atoms with E-state index in [1.54, 1.807) is 12.1 Å². The Morgan fingerprint density at radius 2 is 1.96 bits per heavy atom. The molecule has 0 bridgehead atoms. The first-order valence-corrected chi connectivity index (χ1v) is 8.37. The van der Waals surface area contributed by atoms with Crippen molar-refractivity contribution in [3.8, 4) is 17.0 Å². The van der Waals surface area contributed by atoms with Crippen molar-refractivity contribution in [1.82, 2.24) is 9.97 Å².